The second-order valence-corrected chi connectivity index (χ2v) is 12.3. The third kappa shape index (κ3) is 3.06. The molecule has 0 N–H and O–H groups in total. The standard InChI is InChI=1S/C36H27BN2S/c1-2-14-25(15-3-1)38-31-21-11-22-32-34(31)37(36-35(38)27-17-6-9-23-33(27)40-36)28-18-7-8-19-30(28)39(32)29-20-10-13-24-12-4-5-16-26(24)29/h1-5,7-8,10-16,18-22H,6,9,17,23H2. The van der Waals surface area contributed by atoms with Gasteiger partial charge < -0.3 is 9.80 Å². The quantitative estimate of drug-likeness (QED) is 0.210. The lowest BCUT2D eigenvalue weighted by Gasteiger charge is -2.43. The van der Waals surface area contributed by atoms with E-state index in [0.717, 1.165) is 0 Å². The van der Waals surface area contributed by atoms with Gasteiger partial charge in [0, 0.05) is 37.8 Å². The van der Waals surface area contributed by atoms with E-state index in [1.807, 2.05) is 0 Å². The Kier molecular flexibility index (Phi) is 4.85. The van der Waals surface area contributed by atoms with E-state index in [9.17, 15) is 0 Å². The van der Waals surface area contributed by atoms with E-state index in [2.05, 4.69) is 136 Å². The number of anilines is 6. The van der Waals surface area contributed by atoms with Crippen LogP contribution in [0.1, 0.15) is 23.3 Å². The van der Waals surface area contributed by atoms with E-state index in [0.29, 0.717) is 0 Å². The molecule has 1 aromatic heterocycles. The van der Waals surface area contributed by atoms with Crippen molar-refractivity contribution in [2.75, 3.05) is 9.80 Å². The fraction of sp³-hybridized carbons (Fsp3) is 0.111. The number of nitrogens with zero attached hydrogens (tertiary/aromatic N) is 2. The molecule has 40 heavy (non-hydrogen) atoms. The van der Waals surface area contributed by atoms with Crippen molar-refractivity contribution in [2.24, 2.45) is 0 Å². The maximum atomic E-state index is 2.58. The molecule has 0 spiro atoms. The van der Waals surface area contributed by atoms with Crippen LogP contribution in [0.4, 0.5) is 34.1 Å². The molecule has 6 aromatic rings. The molecule has 9 rings (SSSR count). The summed E-state index contributed by atoms with van der Waals surface area (Å²) in [4.78, 5) is 6.70. The monoisotopic (exact) mass is 530 g/mol. The first-order valence-electron chi connectivity index (χ1n) is 14.4. The molecule has 3 aliphatic rings. The highest BCUT2D eigenvalue weighted by atomic mass is 32.1. The number of aryl methyl sites for hydroxylation is 1. The fourth-order valence-corrected chi connectivity index (χ4v) is 8.87. The van der Waals surface area contributed by atoms with Crippen molar-refractivity contribution in [1.82, 2.24) is 0 Å². The molecule has 0 atom stereocenters. The predicted molar refractivity (Wildman–Crippen MR) is 172 cm³/mol. The van der Waals surface area contributed by atoms with Gasteiger partial charge in [-0.3, -0.25) is 0 Å². The summed E-state index contributed by atoms with van der Waals surface area (Å²) in [6.07, 6.45) is 4.96. The van der Waals surface area contributed by atoms with Gasteiger partial charge in [-0.05, 0) is 84.0 Å². The molecule has 0 unspecified atom stereocenters. The molecular formula is C36H27BN2S. The van der Waals surface area contributed by atoms with E-state index in [1.165, 1.54) is 86.3 Å². The van der Waals surface area contributed by atoms with Crippen LogP contribution < -0.4 is 25.5 Å². The van der Waals surface area contributed by atoms with Crippen molar-refractivity contribution in [1.29, 1.82) is 0 Å². The van der Waals surface area contributed by atoms with Crippen LogP contribution in [0.2, 0.25) is 0 Å². The van der Waals surface area contributed by atoms with Crippen LogP contribution in [0.3, 0.4) is 0 Å². The maximum Gasteiger partial charge on any atom is 0.264 e. The molecule has 1 aliphatic carbocycles. The van der Waals surface area contributed by atoms with Gasteiger partial charge >= 0.3 is 0 Å². The van der Waals surface area contributed by atoms with Crippen LogP contribution >= 0.6 is 11.3 Å². The molecule has 0 radical (unpaired) electrons. The summed E-state index contributed by atoms with van der Waals surface area (Å²) in [6, 6.07) is 42.6. The maximum absolute atomic E-state index is 2.58. The van der Waals surface area contributed by atoms with Crippen molar-refractivity contribution in [3.05, 3.63) is 126 Å². The molecule has 0 bridgehead atoms. The summed E-state index contributed by atoms with van der Waals surface area (Å²) in [5.41, 5.74) is 12.2. The minimum Gasteiger partial charge on any atom is -0.311 e. The Hall–Kier alpha value is -4.28. The van der Waals surface area contributed by atoms with Gasteiger partial charge in [-0.15, -0.1) is 0 Å². The third-order valence-electron chi connectivity index (χ3n) is 9.00. The molecule has 3 heterocycles. The van der Waals surface area contributed by atoms with Crippen LogP contribution in [0.15, 0.2) is 115 Å². The number of thiophene rings is 1. The molecule has 0 fully saturated rings. The lowest BCUT2D eigenvalue weighted by Crippen LogP contribution is -2.60. The second-order valence-electron chi connectivity index (χ2n) is 11.1. The first kappa shape index (κ1) is 22.5. The van der Waals surface area contributed by atoms with E-state index >= 15 is 0 Å². The number of hydrogen-bond donors (Lipinski definition) is 0. The van der Waals surface area contributed by atoms with E-state index in [4.69, 9.17) is 0 Å². The SMILES string of the molecule is c1ccc(N2c3cccc4c3B(c3ccccc3N4c3cccc4ccccc34)c3sc4c(c32)CCCC4)cc1. The largest absolute Gasteiger partial charge is 0.311 e. The van der Waals surface area contributed by atoms with Crippen LogP contribution in [0.5, 0.6) is 0 Å². The summed E-state index contributed by atoms with van der Waals surface area (Å²) in [7, 11) is 0. The number of fused-ring (bicyclic) bond motifs is 7. The Bertz CT molecular complexity index is 1940. The summed E-state index contributed by atoms with van der Waals surface area (Å²) in [5.74, 6) is 0. The third-order valence-corrected chi connectivity index (χ3v) is 10.3. The normalized spacial score (nSPS) is 14.9. The van der Waals surface area contributed by atoms with Crippen molar-refractivity contribution in [2.45, 2.75) is 25.7 Å². The van der Waals surface area contributed by atoms with Crippen LogP contribution in [-0.4, -0.2) is 6.71 Å². The van der Waals surface area contributed by atoms with Gasteiger partial charge in [0.05, 0.1) is 11.4 Å². The van der Waals surface area contributed by atoms with Gasteiger partial charge in [-0.25, -0.2) is 0 Å². The zero-order valence-corrected chi connectivity index (χ0v) is 23.0. The Morgan fingerprint density at radius 3 is 2.17 bits per heavy atom. The van der Waals surface area contributed by atoms with Crippen molar-refractivity contribution in [3.63, 3.8) is 0 Å². The molecule has 2 nitrogen and oxygen atoms in total. The predicted octanol–water partition coefficient (Wildman–Crippen LogP) is 7.86. The lowest BCUT2D eigenvalue weighted by atomic mass is 9.36. The summed E-state index contributed by atoms with van der Waals surface area (Å²) < 4.78 is 1.51. The van der Waals surface area contributed by atoms with Crippen molar-refractivity contribution >= 4 is 78.6 Å². The Labute approximate surface area is 239 Å². The van der Waals surface area contributed by atoms with Gasteiger partial charge in [-0.1, -0.05) is 78.9 Å². The van der Waals surface area contributed by atoms with Gasteiger partial charge in [0.15, 0.2) is 0 Å². The smallest absolute Gasteiger partial charge is 0.264 e. The molecular weight excluding hydrogens is 503 g/mol. The molecule has 4 heteroatoms. The highest BCUT2D eigenvalue weighted by Crippen LogP contribution is 2.48. The second kappa shape index (κ2) is 8.61. The summed E-state index contributed by atoms with van der Waals surface area (Å²) in [5, 5.41) is 2.54. The highest BCUT2D eigenvalue weighted by molar-refractivity contribution is 7.29. The molecule has 2 aliphatic heterocycles. The Morgan fingerprint density at radius 1 is 0.575 bits per heavy atom. The van der Waals surface area contributed by atoms with Crippen LogP contribution in [-0.2, 0) is 12.8 Å². The number of rotatable bonds is 2. The Balaban J connectivity index is 1.39. The van der Waals surface area contributed by atoms with Crippen molar-refractivity contribution in [3.8, 4) is 0 Å². The van der Waals surface area contributed by atoms with E-state index in [1.54, 1.807) is 10.4 Å². The molecule has 0 saturated carbocycles. The fourth-order valence-electron chi connectivity index (χ4n) is 7.36. The van der Waals surface area contributed by atoms with Gasteiger partial charge in [0.1, 0.15) is 0 Å². The topological polar surface area (TPSA) is 6.48 Å². The Morgan fingerprint density at radius 2 is 1.25 bits per heavy atom. The van der Waals surface area contributed by atoms with Gasteiger partial charge in [0.2, 0.25) is 0 Å². The van der Waals surface area contributed by atoms with E-state index < -0.39 is 0 Å². The molecule has 0 saturated heterocycles. The van der Waals surface area contributed by atoms with Gasteiger partial charge in [-0.2, -0.15) is 11.3 Å². The highest BCUT2D eigenvalue weighted by Gasteiger charge is 2.45. The number of benzene rings is 5. The van der Waals surface area contributed by atoms with Gasteiger partial charge in [0.25, 0.3) is 6.71 Å². The van der Waals surface area contributed by atoms with E-state index in [-0.39, 0.29) is 6.71 Å². The lowest BCUT2D eigenvalue weighted by molar-refractivity contribution is 0.697. The van der Waals surface area contributed by atoms with Crippen LogP contribution in [0.25, 0.3) is 10.8 Å². The van der Waals surface area contributed by atoms with Crippen LogP contribution in [0, 0.1) is 0 Å². The molecule has 190 valence electrons. The zero-order valence-electron chi connectivity index (χ0n) is 22.2. The molecule has 5 aromatic carbocycles. The molecule has 0 amide bonds. The zero-order chi connectivity index (χ0) is 26.2. The number of para-hydroxylation sites is 2. The average molecular weight is 531 g/mol. The van der Waals surface area contributed by atoms with Crippen molar-refractivity contribution < 1.29 is 0 Å². The number of hydrogen-bond acceptors (Lipinski definition) is 3. The summed E-state index contributed by atoms with van der Waals surface area (Å²) in [6.45, 7) is 0.235. The minimum absolute atomic E-state index is 0.235. The summed E-state index contributed by atoms with van der Waals surface area (Å²) >= 11 is 2.08. The minimum atomic E-state index is 0.235. The average Bonchev–Trinajstić information content (AvgIpc) is 3.40. The first-order valence-corrected chi connectivity index (χ1v) is 15.2. The first-order chi connectivity index (χ1) is 19.9.